The first-order valence-corrected chi connectivity index (χ1v) is 13.3. The van der Waals surface area contributed by atoms with Crippen LogP contribution >= 0.6 is 11.8 Å². The SMILES string of the molecule is CCCNC(=O)[C@@H]1[C@H]2C(=O)N([C@H](C)CO)C(C(=O)Nc3ccc4ccccc4c3)C23CC[C@@]1(C)S3. The molecule has 6 atom stereocenters. The maximum absolute atomic E-state index is 13.9. The Morgan fingerprint density at radius 2 is 1.91 bits per heavy atom. The molecule has 0 saturated carbocycles. The number of amides is 3. The van der Waals surface area contributed by atoms with Crippen molar-refractivity contribution in [1.82, 2.24) is 10.2 Å². The number of nitrogens with zero attached hydrogens (tertiary/aromatic N) is 1. The highest BCUT2D eigenvalue weighted by atomic mass is 32.2. The Morgan fingerprint density at radius 1 is 1.17 bits per heavy atom. The quantitative estimate of drug-likeness (QED) is 0.548. The number of carbonyl (C=O) groups is 3. The van der Waals surface area contributed by atoms with Gasteiger partial charge >= 0.3 is 0 Å². The van der Waals surface area contributed by atoms with E-state index in [1.54, 1.807) is 23.6 Å². The van der Waals surface area contributed by atoms with Gasteiger partial charge in [0, 0.05) is 17.0 Å². The molecule has 3 amide bonds. The summed E-state index contributed by atoms with van der Waals surface area (Å²) in [5.74, 6) is -1.63. The molecule has 186 valence electrons. The molecule has 0 radical (unpaired) electrons. The monoisotopic (exact) mass is 495 g/mol. The lowest BCUT2D eigenvalue weighted by molar-refractivity contribution is -0.142. The van der Waals surface area contributed by atoms with E-state index in [4.69, 9.17) is 0 Å². The second kappa shape index (κ2) is 8.82. The van der Waals surface area contributed by atoms with Crippen molar-refractivity contribution in [2.75, 3.05) is 18.5 Å². The Kier molecular flexibility index (Phi) is 6.08. The van der Waals surface area contributed by atoms with Gasteiger partial charge in [-0.05, 0) is 56.0 Å². The van der Waals surface area contributed by atoms with Gasteiger partial charge < -0.3 is 20.6 Å². The Labute approximate surface area is 210 Å². The number of rotatable bonds is 7. The Balaban J connectivity index is 1.51. The van der Waals surface area contributed by atoms with Crippen LogP contribution in [0.1, 0.15) is 40.0 Å². The predicted octanol–water partition coefficient (Wildman–Crippen LogP) is 3.17. The van der Waals surface area contributed by atoms with E-state index < -0.39 is 33.4 Å². The molecule has 3 aliphatic rings. The minimum Gasteiger partial charge on any atom is -0.394 e. The molecule has 8 heteroatoms. The molecule has 3 fully saturated rings. The van der Waals surface area contributed by atoms with E-state index in [1.807, 2.05) is 49.4 Å². The van der Waals surface area contributed by atoms with E-state index in [0.29, 0.717) is 18.7 Å². The molecule has 3 heterocycles. The van der Waals surface area contributed by atoms with Crippen molar-refractivity contribution in [2.45, 2.75) is 61.6 Å². The summed E-state index contributed by atoms with van der Waals surface area (Å²) in [4.78, 5) is 42.6. The zero-order chi connectivity index (χ0) is 25.0. The van der Waals surface area contributed by atoms with E-state index in [9.17, 15) is 19.5 Å². The number of aliphatic hydroxyl groups excluding tert-OH is 1. The third-order valence-electron chi connectivity index (χ3n) is 8.05. The lowest BCUT2D eigenvalue weighted by Gasteiger charge is -2.36. The van der Waals surface area contributed by atoms with Gasteiger partial charge in [0.1, 0.15) is 6.04 Å². The van der Waals surface area contributed by atoms with Crippen LogP contribution in [0, 0.1) is 11.8 Å². The Morgan fingerprint density at radius 3 is 2.63 bits per heavy atom. The van der Waals surface area contributed by atoms with E-state index in [0.717, 1.165) is 23.6 Å². The van der Waals surface area contributed by atoms with Gasteiger partial charge in [-0.25, -0.2) is 0 Å². The third-order valence-corrected chi connectivity index (χ3v) is 10.0. The average Bonchev–Trinajstić information content (AvgIpc) is 3.42. The summed E-state index contributed by atoms with van der Waals surface area (Å²) >= 11 is 1.64. The van der Waals surface area contributed by atoms with E-state index in [1.165, 1.54) is 0 Å². The van der Waals surface area contributed by atoms with Crippen LogP contribution in [0.5, 0.6) is 0 Å². The Hall–Kier alpha value is -2.58. The minimum atomic E-state index is -0.760. The number of nitrogens with one attached hydrogen (secondary N) is 2. The largest absolute Gasteiger partial charge is 0.394 e. The standard InChI is InChI=1S/C27H33N3O4S/c1-4-13-28-23(32)20-21-25(34)30(16(2)15-31)22(27(21)12-11-26(20,3)35-27)24(33)29-19-10-9-17-7-5-6-8-18(17)14-19/h5-10,14,16,20-22,31H,4,11-13,15H2,1-3H3,(H,28,32)(H,29,33)/t16-,20+,21+,22?,26-,27?/m1/s1. The number of likely N-dealkylation sites (tertiary alicyclic amines) is 1. The first-order valence-electron chi connectivity index (χ1n) is 12.5. The van der Waals surface area contributed by atoms with Crippen LogP contribution in [-0.2, 0) is 14.4 Å². The molecular formula is C27H33N3O4S. The van der Waals surface area contributed by atoms with E-state index in [-0.39, 0.29) is 24.3 Å². The number of benzene rings is 2. The summed E-state index contributed by atoms with van der Waals surface area (Å²) in [7, 11) is 0. The van der Waals surface area contributed by atoms with Crippen LogP contribution in [0.4, 0.5) is 5.69 Å². The van der Waals surface area contributed by atoms with Gasteiger partial charge in [0.05, 0.1) is 29.2 Å². The second-order valence-electron chi connectivity index (χ2n) is 10.3. The molecule has 3 N–H and O–H groups in total. The van der Waals surface area contributed by atoms with Crippen molar-refractivity contribution >= 4 is 45.9 Å². The molecule has 2 bridgehead atoms. The fourth-order valence-electron chi connectivity index (χ4n) is 6.46. The molecule has 7 nitrogen and oxygen atoms in total. The summed E-state index contributed by atoms with van der Waals surface area (Å²) in [5, 5.41) is 18.1. The highest BCUT2D eigenvalue weighted by Crippen LogP contribution is 2.71. The number of aliphatic hydroxyl groups is 1. The second-order valence-corrected chi connectivity index (χ2v) is 12.2. The fourth-order valence-corrected chi connectivity index (χ4v) is 8.80. The van der Waals surface area contributed by atoms with Crippen LogP contribution in [0.2, 0.25) is 0 Å². The molecule has 2 aromatic carbocycles. The summed E-state index contributed by atoms with van der Waals surface area (Å²) in [5.41, 5.74) is 0.665. The minimum absolute atomic E-state index is 0.103. The van der Waals surface area contributed by atoms with Crippen molar-refractivity contribution in [1.29, 1.82) is 0 Å². The molecular weight excluding hydrogens is 462 g/mol. The average molecular weight is 496 g/mol. The number of fused-ring (bicyclic) bond motifs is 2. The highest BCUT2D eigenvalue weighted by Gasteiger charge is 2.77. The summed E-state index contributed by atoms with van der Waals surface area (Å²) in [6.45, 7) is 6.14. The number of carbonyl (C=O) groups excluding carboxylic acids is 3. The van der Waals surface area contributed by atoms with E-state index >= 15 is 0 Å². The van der Waals surface area contributed by atoms with Crippen LogP contribution in [0.15, 0.2) is 42.5 Å². The van der Waals surface area contributed by atoms with E-state index in [2.05, 4.69) is 17.6 Å². The fraction of sp³-hybridized carbons (Fsp3) is 0.519. The van der Waals surface area contributed by atoms with Crippen LogP contribution in [-0.4, -0.2) is 62.5 Å². The van der Waals surface area contributed by atoms with Crippen molar-refractivity contribution in [3.8, 4) is 0 Å². The van der Waals surface area contributed by atoms with Crippen molar-refractivity contribution < 1.29 is 19.5 Å². The Bertz CT molecular complexity index is 1190. The summed E-state index contributed by atoms with van der Waals surface area (Å²) in [6, 6.07) is 12.4. The molecule has 3 aliphatic heterocycles. The lowest BCUT2D eigenvalue weighted by Crippen LogP contribution is -2.54. The topological polar surface area (TPSA) is 98.7 Å². The molecule has 0 aromatic heterocycles. The van der Waals surface area contributed by atoms with Crippen molar-refractivity contribution in [3.63, 3.8) is 0 Å². The lowest BCUT2D eigenvalue weighted by atomic mass is 9.66. The highest BCUT2D eigenvalue weighted by molar-refractivity contribution is 8.02. The van der Waals surface area contributed by atoms with Gasteiger partial charge in [-0.3, -0.25) is 14.4 Å². The molecule has 1 spiro atoms. The smallest absolute Gasteiger partial charge is 0.248 e. The zero-order valence-electron chi connectivity index (χ0n) is 20.4. The summed E-state index contributed by atoms with van der Waals surface area (Å²) in [6.07, 6.45) is 2.27. The predicted molar refractivity (Wildman–Crippen MR) is 138 cm³/mol. The van der Waals surface area contributed by atoms with Gasteiger partial charge in [0.25, 0.3) is 0 Å². The number of thioether (sulfide) groups is 1. The normalized spacial score (nSPS) is 32.1. The van der Waals surface area contributed by atoms with Gasteiger partial charge in [-0.15, -0.1) is 11.8 Å². The summed E-state index contributed by atoms with van der Waals surface area (Å²) < 4.78 is -1.08. The van der Waals surface area contributed by atoms with Crippen LogP contribution in [0.3, 0.4) is 0 Å². The maximum Gasteiger partial charge on any atom is 0.248 e. The molecule has 3 saturated heterocycles. The van der Waals surface area contributed by atoms with Crippen molar-refractivity contribution in [3.05, 3.63) is 42.5 Å². The van der Waals surface area contributed by atoms with Gasteiger partial charge in [-0.2, -0.15) is 0 Å². The molecule has 2 unspecified atom stereocenters. The first-order chi connectivity index (χ1) is 16.8. The molecule has 5 rings (SSSR count). The zero-order valence-corrected chi connectivity index (χ0v) is 21.2. The number of hydrogen-bond acceptors (Lipinski definition) is 5. The van der Waals surface area contributed by atoms with Gasteiger partial charge in [0.2, 0.25) is 17.7 Å². The third kappa shape index (κ3) is 3.64. The number of anilines is 1. The molecule has 35 heavy (non-hydrogen) atoms. The number of hydrogen-bond donors (Lipinski definition) is 3. The van der Waals surface area contributed by atoms with Crippen molar-refractivity contribution in [2.24, 2.45) is 11.8 Å². The van der Waals surface area contributed by atoms with Gasteiger partial charge in [-0.1, -0.05) is 37.3 Å². The maximum atomic E-state index is 13.9. The first kappa shape index (κ1) is 24.1. The molecule has 0 aliphatic carbocycles. The molecule has 2 aromatic rings. The van der Waals surface area contributed by atoms with Crippen LogP contribution < -0.4 is 10.6 Å². The van der Waals surface area contributed by atoms with Crippen LogP contribution in [0.25, 0.3) is 10.8 Å². The van der Waals surface area contributed by atoms with Gasteiger partial charge in [0.15, 0.2) is 0 Å².